The molecule has 1 aliphatic carbocycles. The molecule has 2 unspecified atom stereocenters. The minimum absolute atomic E-state index is 0.113. The third-order valence-electron chi connectivity index (χ3n) is 3.22. The van der Waals surface area contributed by atoms with Crippen molar-refractivity contribution in [2.45, 2.75) is 38.4 Å². The smallest absolute Gasteiger partial charge is 0.384 e. The normalized spacial score (nSPS) is 24.2. The minimum Gasteiger partial charge on any atom is -0.384 e. The number of hydrogen-bond donors (Lipinski definition) is 2. The third kappa shape index (κ3) is 3.05. The van der Waals surface area contributed by atoms with Gasteiger partial charge in [0.1, 0.15) is 11.6 Å². The van der Waals surface area contributed by atoms with Crippen LogP contribution >= 0.6 is 0 Å². The first-order valence-corrected chi connectivity index (χ1v) is 5.96. The van der Waals surface area contributed by atoms with E-state index >= 15 is 0 Å². The molecule has 18 heavy (non-hydrogen) atoms. The molecular formula is C12H16F3N3. The summed E-state index contributed by atoms with van der Waals surface area (Å²) in [7, 11) is 0. The van der Waals surface area contributed by atoms with Gasteiger partial charge in [-0.2, -0.15) is 13.2 Å². The number of aromatic nitrogens is 1. The fourth-order valence-corrected chi connectivity index (χ4v) is 2.34. The Hall–Kier alpha value is -1.46. The number of pyridine rings is 1. The molecular weight excluding hydrogens is 243 g/mol. The highest BCUT2D eigenvalue weighted by Crippen LogP contribution is 2.33. The summed E-state index contributed by atoms with van der Waals surface area (Å²) in [6.45, 7) is 2.13. The van der Waals surface area contributed by atoms with Gasteiger partial charge in [-0.25, -0.2) is 4.98 Å². The van der Waals surface area contributed by atoms with Crippen molar-refractivity contribution < 1.29 is 13.2 Å². The van der Waals surface area contributed by atoms with E-state index in [9.17, 15) is 13.2 Å². The average molecular weight is 259 g/mol. The van der Waals surface area contributed by atoms with Crippen LogP contribution in [0.15, 0.2) is 12.1 Å². The zero-order chi connectivity index (χ0) is 13.3. The Morgan fingerprint density at radius 3 is 2.61 bits per heavy atom. The molecule has 3 nitrogen and oxygen atoms in total. The van der Waals surface area contributed by atoms with Crippen LogP contribution in [0.3, 0.4) is 0 Å². The van der Waals surface area contributed by atoms with Gasteiger partial charge in [0.25, 0.3) is 0 Å². The number of nitrogen functional groups attached to an aromatic ring is 1. The molecule has 3 N–H and O–H groups in total. The van der Waals surface area contributed by atoms with Crippen LogP contribution < -0.4 is 11.1 Å². The summed E-state index contributed by atoms with van der Waals surface area (Å²) in [6.07, 6.45) is -1.39. The lowest BCUT2D eigenvalue weighted by molar-refractivity contribution is -0.137. The number of anilines is 2. The molecule has 0 aliphatic heterocycles. The standard InChI is InChI=1S/C12H16F3N3/c1-7-2-3-9(4-7)17-11-6-8(12(13,14)15)5-10(16)18-11/h5-7,9H,2-4H2,1H3,(H3,16,17,18). The van der Waals surface area contributed by atoms with Gasteiger partial charge >= 0.3 is 6.18 Å². The van der Waals surface area contributed by atoms with Gasteiger partial charge in [-0.1, -0.05) is 6.92 Å². The molecule has 0 bridgehead atoms. The predicted octanol–water partition coefficient (Wildman–Crippen LogP) is 3.28. The van der Waals surface area contributed by atoms with Crippen molar-refractivity contribution in [1.82, 2.24) is 4.98 Å². The highest BCUT2D eigenvalue weighted by molar-refractivity contribution is 5.48. The minimum atomic E-state index is -4.39. The Morgan fingerprint density at radius 2 is 2.06 bits per heavy atom. The number of alkyl halides is 3. The number of halogens is 3. The number of rotatable bonds is 2. The summed E-state index contributed by atoms with van der Waals surface area (Å²) < 4.78 is 37.8. The Labute approximate surface area is 104 Å². The van der Waals surface area contributed by atoms with Crippen molar-refractivity contribution >= 4 is 11.6 Å². The van der Waals surface area contributed by atoms with Crippen molar-refractivity contribution in [2.24, 2.45) is 5.92 Å². The van der Waals surface area contributed by atoms with Crippen LogP contribution in [0, 0.1) is 5.92 Å². The van der Waals surface area contributed by atoms with Gasteiger partial charge in [-0.3, -0.25) is 0 Å². The maximum atomic E-state index is 12.6. The Balaban J connectivity index is 2.15. The monoisotopic (exact) mass is 259 g/mol. The van der Waals surface area contributed by atoms with Crippen LogP contribution in [-0.4, -0.2) is 11.0 Å². The number of nitrogens with one attached hydrogen (secondary N) is 1. The predicted molar refractivity (Wildman–Crippen MR) is 64.1 cm³/mol. The molecule has 0 radical (unpaired) electrons. The summed E-state index contributed by atoms with van der Waals surface area (Å²) in [5.74, 6) is 0.699. The van der Waals surface area contributed by atoms with Gasteiger partial charge < -0.3 is 11.1 Å². The van der Waals surface area contributed by atoms with Gasteiger partial charge in [0.05, 0.1) is 5.56 Å². The molecule has 1 fully saturated rings. The van der Waals surface area contributed by atoms with Crippen LogP contribution in [0.5, 0.6) is 0 Å². The lowest BCUT2D eigenvalue weighted by Gasteiger charge is -2.15. The van der Waals surface area contributed by atoms with Crippen LogP contribution in [0.25, 0.3) is 0 Å². The molecule has 1 aliphatic rings. The van der Waals surface area contributed by atoms with E-state index < -0.39 is 11.7 Å². The number of nitrogens with two attached hydrogens (primary N) is 1. The molecule has 100 valence electrons. The molecule has 2 rings (SSSR count). The fourth-order valence-electron chi connectivity index (χ4n) is 2.34. The van der Waals surface area contributed by atoms with Crippen molar-refractivity contribution in [3.63, 3.8) is 0 Å². The summed E-state index contributed by atoms with van der Waals surface area (Å²) in [5, 5.41) is 3.03. The SMILES string of the molecule is CC1CCC(Nc2cc(C(F)(F)F)cc(N)n2)C1. The second kappa shape index (κ2) is 4.66. The Bertz CT molecular complexity index is 431. The molecule has 2 atom stereocenters. The highest BCUT2D eigenvalue weighted by Gasteiger charge is 2.32. The lowest BCUT2D eigenvalue weighted by Crippen LogP contribution is -2.17. The first-order chi connectivity index (χ1) is 8.34. The van der Waals surface area contributed by atoms with Crippen LogP contribution in [-0.2, 0) is 6.18 Å². The van der Waals surface area contributed by atoms with E-state index in [1.807, 2.05) is 0 Å². The van der Waals surface area contributed by atoms with Crippen LogP contribution in [0.2, 0.25) is 0 Å². The molecule has 1 aromatic heterocycles. The summed E-state index contributed by atoms with van der Waals surface area (Å²) >= 11 is 0. The van der Waals surface area contributed by atoms with E-state index in [0.717, 1.165) is 31.4 Å². The topological polar surface area (TPSA) is 50.9 Å². The maximum absolute atomic E-state index is 12.6. The highest BCUT2D eigenvalue weighted by atomic mass is 19.4. The van der Waals surface area contributed by atoms with Gasteiger partial charge in [0.2, 0.25) is 0 Å². The average Bonchev–Trinajstić information content (AvgIpc) is 2.61. The molecule has 0 saturated heterocycles. The molecule has 1 aromatic rings. The van der Waals surface area contributed by atoms with Gasteiger partial charge in [0, 0.05) is 6.04 Å². The molecule has 0 spiro atoms. The van der Waals surface area contributed by atoms with Crippen molar-refractivity contribution in [2.75, 3.05) is 11.1 Å². The van der Waals surface area contributed by atoms with E-state index in [-0.39, 0.29) is 17.7 Å². The lowest BCUT2D eigenvalue weighted by atomic mass is 10.1. The zero-order valence-corrected chi connectivity index (χ0v) is 10.1. The molecule has 1 heterocycles. The first kappa shape index (κ1) is 13.0. The van der Waals surface area contributed by atoms with E-state index in [0.29, 0.717) is 5.92 Å². The summed E-state index contributed by atoms with van der Waals surface area (Å²) in [6, 6.07) is 2.05. The molecule has 6 heteroatoms. The zero-order valence-electron chi connectivity index (χ0n) is 10.1. The van der Waals surface area contributed by atoms with Crippen molar-refractivity contribution in [1.29, 1.82) is 0 Å². The largest absolute Gasteiger partial charge is 0.416 e. The van der Waals surface area contributed by atoms with E-state index in [4.69, 9.17) is 5.73 Å². The summed E-state index contributed by atoms with van der Waals surface area (Å²) in [5.41, 5.74) is 4.65. The Kier molecular flexibility index (Phi) is 3.36. The second-order valence-corrected chi connectivity index (χ2v) is 4.92. The summed E-state index contributed by atoms with van der Waals surface area (Å²) in [4.78, 5) is 3.90. The third-order valence-corrected chi connectivity index (χ3v) is 3.22. The van der Waals surface area contributed by atoms with E-state index in [1.165, 1.54) is 0 Å². The molecule has 1 saturated carbocycles. The van der Waals surface area contributed by atoms with Crippen LogP contribution in [0.1, 0.15) is 31.7 Å². The number of nitrogens with zero attached hydrogens (tertiary/aromatic N) is 1. The van der Waals surface area contributed by atoms with E-state index in [2.05, 4.69) is 17.2 Å². The van der Waals surface area contributed by atoms with Crippen molar-refractivity contribution in [3.8, 4) is 0 Å². The molecule has 0 aromatic carbocycles. The second-order valence-electron chi connectivity index (χ2n) is 4.92. The quantitative estimate of drug-likeness (QED) is 0.857. The van der Waals surface area contributed by atoms with Gasteiger partial charge in [0.15, 0.2) is 0 Å². The number of hydrogen-bond acceptors (Lipinski definition) is 3. The van der Waals surface area contributed by atoms with Crippen LogP contribution in [0.4, 0.5) is 24.8 Å². The first-order valence-electron chi connectivity index (χ1n) is 5.96. The molecule has 0 amide bonds. The van der Waals surface area contributed by atoms with Gasteiger partial charge in [-0.05, 0) is 37.3 Å². The maximum Gasteiger partial charge on any atom is 0.416 e. The van der Waals surface area contributed by atoms with Gasteiger partial charge in [-0.15, -0.1) is 0 Å². The fraction of sp³-hybridized carbons (Fsp3) is 0.583. The van der Waals surface area contributed by atoms with Crippen molar-refractivity contribution in [3.05, 3.63) is 17.7 Å². The van der Waals surface area contributed by atoms with E-state index in [1.54, 1.807) is 0 Å². The Morgan fingerprint density at radius 1 is 1.33 bits per heavy atom.